The minimum absolute atomic E-state index is 0.0608. The topological polar surface area (TPSA) is 74.7 Å². The molecule has 0 aliphatic carbocycles. The van der Waals surface area contributed by atoms with Gasteiger partial charge in [0, 0.05) is 19.5 Å². The van der Waals surface area contributed by atoms with E-state index in [2.05, 4.69) is 0 Å². The molecule has 1 rings (SSSR count). The van der Waals surface area contributed by atoms with Gasteiger partial charge in [-0.05, 0) is 12.8 Å². The van der Waals surface area contributed by atoms with Gasteiger partial charge in [0.25, 0.3) is 0 Å². The molecule has 1 atom stereocenters. The number of aliphatic carboxylic acids is 1. The van der Waals surface area contributed by atoms with Crippen LogP contribution in [0.5, 0.6) is 0 Å². The van der Waals surface area contributed by atoms with Gasteiger partial charge < -0.3 is 5.11 Å². The lowest BCUT2D eigenvalue weighted by molar-refractivity contribution is -0.141. The SMILES string of the molecule is O=C(O)C1CCN(S(=O)(=O)CCCC(F)(F)F)C1. The fraction of sp³-hybridized carbons (Fsp3) is 0.889. The van der Waals surface area contributed by atoms with Crippen LogP contribution in [0.15, 0.2) is 0 Å². The van der Waals surface area contributed by atoms with Crippen molar-refractivity contribution in [3.63, 3.8) is 0 Å². The van der Waals surface area contributed by atoms with Gasteiger partial charge in [-0.1, -0.05) is 0 Å². The third-order valence-corrected chi connectivity index (χ3v) is 4.68. The highest BCUT2D eigenvalue weighted by Crippen LogP contribution is 2.24. The lowest BCUT2D eigenvalue weighted by Crippen LogP contribution is -2.32. The smallest absolute Gasteiger partial charge is 0.389 e. The molecule has 0 spiro atoms. The van der Waals surface area contributed by atoms with Crippen molar-refractivity contribution < 1.29 is 31.5 Å². The normalized spacial score (nSPS) is 22.3. The van der Waals surface area contributed by atoms with Crippen LogP contribution < -0.4 is 0 Å². The van der Waals surface area contributed by atoms with Crippen molar-refractivity contribution in [2.45, 2.75) is 25.4 Å². The first-order chi connectivity index (χ1) is 8.12. The number of hydrogen-bond acceptors (Lipinski definition) is 3. The van der Waals surface area contributed by atoms with Gasteiger partial charge in [0.05, 0.1) is 11.7 Å². The predicted molar refractivity (Wildman–Crippen MR) is 56.4 cm³/mol. The lowest BCUT2D eigenvalue weighted by atomic mass is 10.1. The highest BCUT2D eigenvalue weighted by atomic mass is 32.2. The van der Waals surface area contributed by atoms with Crippen LogP contribution >= 0.6 is 0 Å². The maximum absolute atomic E-state index is 11.9. The van der Waals surface area contributed by atoms with Gasteiger partial charge in [-0.3, -0.25) is 4.79 Å². The van der Waals surface area contributed by atoms with Crippen molar-refractivity contribution in [1.29, 1.82) is 0 Å². The van der Waals surface area contributed by atoms with Crippen LogP contribution in [0.4, 0.5) is 13.2 Å². The number of hydrogen-bond donors (Lipinski definition) is 1. The zero-order chi connectivity index (χ0) is 14.0. The van der Waals surface area contributed by atoms with E-state index in [4.69, 9.17) is 5.11 Å². The monoisotopic (exact) mass is 289 g/mol. The molecule has 1 aliphatic rings. The van der Waals surface area contributed by atoms with Gasteiger partial charge in [0.1, 0.15) is 0 Å². The van der Waals surface area contributed by atoms with E-state index in [1.54, 1.807) is 0 Å². The summed E-state index contributed by atoms with van der Waals surface area (Å²) in [6, 6.07) is 0. The third-order valence-electron chi connectivity index (χ3n) is 2.76. The standard InChI is InChI=1S/C9H14F3NO4S/c10-9(11,12)3-1-5-18(16,17)13-4-2-7(6-13)8(14)15/h7H,1-6H2,(H,14,15). The summed E-state index contributed by atoms with van der Waals surface area (Å²) < 4.78 is 59.9. The van der Waals surface area contributed by atoms with Crippen molar-refractivity contribution in [2.24, 2.45) is 5.92 Å². The number of rotatable bonds is 5. The first kappa shape index (κ1) is 15.2. The van der Waals surface area contributed by atoms with E-state index in [0.29, 0.717) is 0 Å². The Bertz CT molecular complexity index is 407. The Morgan fingerprint density at radius 1 is 1.39 bits per heavy atom. The van der Waals surface area contributed by atoms with E-state index in [-0.39, 0.29) is 19.5 Å². The van der Waals surface area contributed by atoms with Crippen molar-refractivity contribution in [1.82, 2.24) is 4.31 Å². The summed E-state index contributed by atoms with van der Waals surface area (Å²) in [5.74, 6) is -2.44. The van der Waals surface area contributed by atoms with Crippen molar-refractivity contribution in [2.75, 3.05) is 18.8 Å². The van der Waals surface area contributed by atoms with Gasteiger partial charge in [-0.2, -0.15) is 13.2 Å². The zero-order valence-electron chi connectivity index (χ0n) is 9.48. The molecule has 18 heavy (non-hydrogen) atoms. The van der Waals surface area contributed by atoms with Gasteiger partial charge in [0.2, 0.25) is 10.0 Å². The van der Waals surface area contributed by atoms with E-state index in [1.165, 1.54) is 0 Å². The summed E-state index contributed by atoms with van der Waals surface area (Å²) in [7, 11) is -3.78. The number of carboxylic acid groups (broad SMARTS) is 1. The Morgan fingerprint density at radius 3 is 2.44 bits per heavy atom. The lowest BCUT2D eigenvalue weighted by Gasteiger charge is -2.16. The highest BCUT2D eigenvalue weighted by molar-refractivity contribution is 7.89. The van der Waals surface area contributed by atoms with Gasteiger partial charge >= 0.3 is 12.1 Å². The van der Waals surface area contributed by atoms with Crippen LogP contribution in [0.25, 0.3) is 0 Å². The number of nitrogens with zero attached hydrogens (tertiary/aromatic N) is 1. The number of alkyl halides is 3. The molecule has 0 aromatic carbocycles. The minimum atomic E-state index is -4.37. The second-order valence-electron chi connectivity index (χ2n) is 4.22. The summed E-state index contributed by atoms with van der Waals surface area (Å²) >= 11 is 0. The molecule has 1 fully saturated rings. The summed E-state index contributed by atoms with van der Waals surface area (Å²) in [4.78, 5) is 10.6. The maximum Gasteiger partial charge on any atom is 0.389 e. The maximum atomic E-state index is 11.9. The van der Waals surface area contributed by atoms with Crippen LogP contribution in [0.2, 0.25) is 0 Å². The largest absolute Gasteiger partial charge is 0.481 e. The summed E-state index contributed by atoms with van der Waals surface area (Å²) in [6.07, 6.45) is -5.82. The number of sulfonamides is 1. The van der Waals surface area contributed by atoms with E-state index < -0.39 is 46.7 Å². The molecule has 0 radical (unpaired) electrons. The average Bonchev–Trinajstić information content (AvgIpc) is 2.63. The quantitative estimate of drug-likeness (QED) is 0.821. The molecular formula is C9H14F3NO4S. The van der Waals surface area contributed by atoms with Crippen LogP contribution in [0.1, 0.15) is 19.3 Å². The zero-order valence-corrected chi connectivity index (χ0v) is 10.3. The predicted octanol–water partition coefficient (Wildman–Crippen LogP) is 1.07. The molecule has 1 heterocycles. The Balaban J connectivity index is 2.48. The molecule has 5 nitrogen and oxygen atoms in total. The Labute approximate surface area is 103 Å². The number of carboxylic acids is 1. The van der Waals surface area contributed by atoms with Crippen molar-refractivity contribution >= 4 is 16.0 Å². The van der Waals surface area contributed by atoms with Crippen LogP contribution in [0.3, 0.4) is 0 Å². The Morgan fingerprint density at radius 2 is 2.00 bits per heavy atom. The van der Waals surface area contributed by atoms with Gasteiger partial charge in [-0.15, -0.1) is 0 Å². The minimum Gasteiger partial charge on any atom is -0.481 e. The molecule has 1 N–H and O–H groups in total. The molecule has 0 saturated carbocycles. The van der Waals surface area contributed by atoms with Crippen LogP contribution in [-0.2, 0) is 14.8 Å². The molecule has 0 bridgehead atoms. The Hall–Kier alpha value is -0.830. The molecular weight excluding hydrogens is 275 g/mol. The molecule has 0 aromatic rings. The summed E-state index contributed by atoms with van der Waals surface area (Å²) in [6.45, 7) is -0.0883. The van der Waals surface area contributed by atoms with Crippen molar-refractivity contribution in [3.05, 3.63) is 0 Å². The molecule has 0 amide bonds. The highest BCUT2D eigenvalue weighted by Gasteiger charge is 2.35. The third kappa shape index (κ3) is 4.45. The fourth-order valence-electron chi connectivity index (χ4n) is 1.77. The van der Waals surface area contributed by atoms with Crippen LogP contribution in [0, 0.1) is 5.92 Å². The van der Waals surface area contributed by atoms with Gasteiger partial charge in [-0.25, -0.2) is 12.7 Å². The first-order valence-corrected chi connectivity index (χ1v) is 7.00. The first-order valence-electron chi connectivity index (χ1n) is 5.39. The van der Waals surface area contributed by atoms with Crippen LogP contribution in [-0.4, -0.2) is 48.8 Å². The van der Waals surface area contributed by atoms with E-state index >= 15 is 0 Å². The second kappa shape index (κ2) is 5.43. The molecule has 0 aromatic heterocycles. The molecule has 1 aliphatic heterocycles. The van der Waals surface area contributed by atoms with E-state index in [0.717, 1.165) is 4.31 Å². The fourth-order valence-corrected chi connectivity index (χ4v) is 3.32. The van der Waals surface area contributed by atoms with E-state index in [1.807, 2.05) is 0 Å². The number of halogens is 3. The number of carbonyl (C=O) groups is 1. The average molecular weight is 289 g/mol. The molecule has 106 valence electrons. The summed E-state index contributed by atoms with van der Waals surface area (Å²) in [5.41, 5.74) is 0. The molecule has 1 unspecified atom stereocenters. The second-order valence-corrected chi connectivity index (χ2v) is 6.31. The van der Waals surface area contributed by atoms with Gasteiger partial charge in [0.15, 0.2) is 0 Å². The van der Waals surface area contributed by atoms with Crippen molar-refractivity contribution in [3.8, 4) is 0 Å². The van der Waals surface area contributed by atoms with E-state index in [9.17, 15) is 26.4 Å². The Kier molecular flexibility index (Phi) is 4.60. The molecule has 1 saturated heterocycles. The summed E-state index contributed by atoms with van der Waals surface area (Å²) in [5, 5.41) is 8.71. The molecule has 9 heteroatoms.